The second-order valence-electron chi connectivity index (χ2n) is 9.11. The van der Waals surface area contributed by atoms with Crippen LogP contribution < -0.4 is 16.4 Å². The molecular formula is C23H26ClF2N7O. The summed E-state index contributed by atoms with van der Waals surface area (Å²) in [5.41, 5.74) is 6.58. The fourth-order valence-electron chi connectivity index (χ4n) is 5.04. The minimum absolute atomic E-state index is 0.0420. The molecule has 8 nitrogen and oxygen atoms in total. The van der Waals surface area contributed by atoms with E-state index in [1.807, 2.05) is 4.57 Å². The molecule has 0 spiro atoms. The van der Waals surface area contributed by atoms with Crippen molar-refractivity contribution in [3.8, 4) is 0 Å². The molecule has 3 aromatic rings. The first-order chi connectivity index (χ1) is 16.4. The molecule has 2 aliphatic rings. The van der Waals surface area contributed by atoms with Crippen molar-refractivity contribution < 1.29 is 13.6 Å². The minimum Gasteiger partial charge on any atom is -0.369 e. The van der Waals surface area contributed by atoms with E-state index in [-0.39, 0.29) is 28.6 Å². The van der Waals surface area contributed by atoms with Gasteiger partial charge in [0.2, 0.25) is 17.8 Å². The van der Waals surface area contributed by atoms with Gasteiger partial charge in [0.1, 0.15) is 11.3 Å². The maximum absolute atomic E-state index is 14.5. The van der Waals surface area contributed by atoms with Crippen LogP contribution in [0.3, 0.4) is 0 Å². The Bertz CT molecular complexity index is 1200. The SMILES string of the molecule is NC(=O)C1CCC(n2c(Nc3c(F)cc(F)cc3Cl)nc3cnc(NC4CCCC4)nc32)CC1. The van der Waals surface area contributed by atoms with Crippen LogP contribution in [0.4, 0.5) is 26.4 Å². The molecule has 2 saturated carbocycles. The molecular weight excluding hydrogens is 464 g/mol. The Labute approximate surface area is 200 Å². The van der Waals surface area contributed by atoms with Gasteiger partial charge in [-0.05, 0) is 44.6 Å². The van der Waals surface area contributed by atoms with Gasteiger partial charge < -0.3 is 16.4 Å². The van der Waals surface area contributed by atoms with Crippen LogP contribution in [0.1, 0.15) is 57.4 Å². The first kappa shape index (κ1) is 22.8. The minimum atomic E-state index is -0.823. The summed E-state index contributed by atoms with van der Waals surface area (Å²) >= 11 is 6.13. The van der Waals surface area contributed by atoms with E-state index in [2.05, 4.69) is 20.6 Å². The van der Waals surface area contributed by atoms with Crippen molar-refractivity contribution in [3.63, 3.8) is 0 Å². The molecule has 0 bridgehead atoms. The number of anilines is 3. The third-order valence-electron chi connectivity index (χ3n) is 6.83. The van der Waals surface area contributed by atoms with Crippen LogP contribution in [0.25, 0.3) is 11.2 Å². The van der Waals surface area contributed by atoms with Crippen molar-refractivity contribution in [2.24, 2.45) is 11.7 Å². The second kappa shape index (κ2) is 9.32. The zero-order valence-corrected chi connectivity index (χ0v) is 19.3. The third kappa shape index (κ3) is 4.51. The van der Waals surface area contributed by atoms with Gasteiger partial charge in [0.15, 0.2) is 11.5 Å². The van der Waals surface area contributed by atoms with Crippen molar-refractivity contribution in [1.82, 2.24) is 19.5 Å². The van der Waals surface area contributed by atoms with Crippen molar-refractivity contribution in [2.75, 3.05) is 10.6 Å². The lowest BCUT2D eigenvalue weighted by Crippen LogP contribution is -2.29. The number of nitrogens with zero attached hydrogens (tertiary/aromatic N) is 4. The summed E-state index contributed by atoms with van der Waals surface area (Å²) in [6.45, 7) is 0. The molecule has 11 heteroatoms. The predicted octanol–water partition coefficient (Wildman–Crippen LogP) is 5.07. The van der Waals surface area contributed by atoms with Gasteiger partial charge >= 0.3 is 0 Å². The summed E-state index contributed by atoms with van der Waals surface area (Å²) in [5.74, 6) is -1.20. The number of rotatable bonds is 6. The third-order valence-corrected chi connectivity index (χ3v) is 7.13. The highest BCUT2D eigenvalue weighted by Gasteiger charge is 2.30. The maximum Gasteiger partial charge on any atom is 0.224 e. The number of hydrogen-bond donors (Lipinski definition) is 3. The van der Waals surface area contributed by atoms with Crippen LogP contribution >= 0.6 is 11.6 Å². The second-order valence-corrected chi connectivity index (χ2v) is 9.52. The highest BCUT2D eigenvalue weighted by molar-refractivity contribution is 6.33. The average molecular weight is 490 g/mol. The molecule has 0 saturated heterocycles. The fourth-order valence-corrected chi connectivity index (χ4v) is 5.28. The van der Waals surface area contributed by atoms with Crippen molar-refractivity contribution >= 4 is 46.3 Å². The Kier molecular flexibility index (Phi) is 6.24. The van der Waals surface area contributed by atoms with E-state index >= 15 is 0 Å². The van der Waals surface area contributed by atoms with Gasteiger partial charge in [-0.25, -0.2) is 18.7 Å². The number of primary amides is 1. The van der Waals surface area contributed by atoms with Crippen LogP contribution in [0, 0.1) is 17.6 Å². The number of nitrogens with one attached hydrogen (secondary N) is 2. The Morgan fingerprint density at radius 2 is 1.82 bits per heavy atom. The quantitative estimate of drug-likeness (QED) is 0.445. The predicted molar refractivity (Wildman–Crippen MR) is 126 cm³/mol. The topological polar surface area (TPSA) is 111 Å². The average Bonchev–Trinajstić information content (AvgIpc) is 3.43. The number of imidazole rings is 1. The molecule has 0 radical (unpaired) electrons. The van der Waals surface area contributed by atoms with E-state index in [1.54, 1.807) is 6.20 Å². The lowest BCUT2D eigenvalue weighted by molar-refractivity contribution is -0.122. The molecule has 2 heterocycles. The molecule has 2 fully saturated rings. The van der Waals surface area contributed by atoms with E-state index in [0.29, 0.717) is 54.8 Å². The standard InChI is InChI=1S/C23H26ClF2N7O/c24-16-9-13(25)10-17(26)19(16)31-23-30-18-11-28-22(29-14-3-1-2-4-14)32-21(18)33(23)15-7-5-12(6-8-15)20(27)34/h9-12,14-15H,1-8H2,(H2,27,34)(H,30,31)(H,28,29,32). The highest BCUT2D eigenvalue weighted by Crippen LogP contribution is 2.38. The number of carbonyl (C=O) groups is 1. The summed E-state index contributed by atoms with van der Waals surface area (Å²) in [7, 11) is 0. The van der Waals surface area contributed by atoms with Crippen molar-refractivity contribution in [2.45, 2.75) is 63.5 Å². The van der Waals surface area contributed by atoms with Gasteiger partial charge in [-0.3, -0.25) is 9.36 Å². The number of benzene rings is 1. The number of hydrogen-bond acceptors (Lipinski definition) is 6. The molecule has 0 aliphatic heterocycles. The lowest BCUT2D eigenvalue weighted by atomic mass is 9.85. The van der Waals surface area contributed by atoms with E-state index in [1.165, 1.54) is 12.8 Å². The first-order valence-electron chi connectivity index (χ1n) is 11.6. The molecule has 2 aliphatic carbocycles. The molecule has 1 amide bonds. The molecule has 1 aromatic carbocycles. The van der Waals surface area contributed by atoms with Crippen LogP contribution in [0.2, 0.25) is 5.02 Å². The highest BCUT2D eigenvalue weighted by atomic mass is 35.5. The van der Waals surface area contributed by atoms with Crippen LogP contribution in [-0.4, -0.2) is 31.5 Å². The summed E-state index contributed by atoms with van der Waals surface area (Å²) in [4.78, 5) is 25.4. The van der Waals surface area contributed by atoms with E-state index < -0.39 is 11.6 Å². The van der Waals surface area contributed by atoms with Crippen molar-refractivity contribution in [3.05, 3.63) is 35.0 Å². The van der Waals surface area contributed by atoms with E-state index in [9.17, 15) is 13.6 Å². The van der Waals surface area contributed by atoms with Crippen LogP contribution in [-0.2, 0) is 4.79 Å². The number of nitrogens with two attached hydrogens (primary N) is 1. The van der Waals surface area contributed by atoms with Gasteiger partial charge in [-0.1, -0.05) is 24.4 Å². The van der Waals surface area contributed by atoms with Crippen molar-refractivity contribution in [1.29, 1.82) is 0 Å². The molecule has 34 heavy (non-hydrogen) atoms. The normalized spacial score (nSPS) is 21.1. The van der Waals surface area contributed by atoms with Crippen LogP contribution in [0.15, 0.2) is 18.3 Å². The number of amides is 1. The van der Waals surface area contributed by atoms with E-state index in [4.69, 9.17) is 22.3 Å². The van der Waals surface area contributed by atoms with E-state index in [0.717, 1.165) is 25.0 Å². The lowest BCUT2D eigenvalue weighted by Gasteiger charge is -2.29. The fraction of sp³-hybridized carbons (Fsp3) is 0.478. The Balaban J connectivity index is 1.54. The maximum atomic E-state index is 14.5. The van der Waals surface area contributed by atoms with Gasteiger partial charge in [-0.2, -0.15) is 4.98 Å². The number of fused-ring (bicyclic) bond motifs is 1. The molecule has 4 N–H and O–H groups in total. The Morgan fingerprint density at radius 1 is 1.09 bits per heavy atom. The monoisotopic (exact) mass is 489 g/mol. The summed E-state index contributed by atoms with van der Waals surface area (Å²) < 4.78 is 30.0. The number of carbonyl (C=O) groups excluding carboxylic acids is 1. The Morgan fingerprint density at radius 3 is 2.50 bits per heavy atom. The Hall–Kier alpha value is -3.01. The first-order valence-corrected chi connectivity index (χ1v) is 12.0. The summed E-state index contributed by atoms with van der Waals surface area (Å²) in [5, 5.41) is 6.25. The van der Waals surface area contributed by atoms with Crippen LogP contribution in [0.5, 0.6) is 0 Å². The number of halogens is 3. The molecule has 5 rings (SSSR count). The number of aromatic nitrogens is 4. The summed E-state index contributed by atoms with van der Waals surface area (Å²) in [6.07, 6.45) is 8.80. The molecule has 2 aromatic heterocycles. The summed E-state index contributed by atoms with van der Waals surface area (Å²) in [6, 6.07) is 2.11. The largest absolute Gasteiger partial charge is 0.369 e. The van der Waals surface area contributed by atoms with Gasteiger partial charge in [0.05, 0.1) is 16.9 Å². The smallest absolute Gasteiger partial charge is 0.224 e. The van der Waals surface area contributed by atoms with Gasteiger partial charge in [0, 0.05) is 24.1 Å². The molecule has 0 atom stereocenters. The zero-order valence-electron chi connectivity index (χ0n) is 18.5. The van der Waals surface area contributed by atoms with Gasteiger partial charge in [0.25, 0.3) is 0 Å². The van der Waals surface area contributed by atoms with Gasteiger partial charge in [-0.15, -0.1) is 0 Å². The zero-order chi connectivity index (χ0) is 23.8. The molecule has 180 valence electrons. The molecule has 0 unspecified atom stereocenters.